The van der Waals surface area contributed by atoms with Crippen LogP contribution < -0.4 is 4.74 Å². The Balaban J connectivity index is 2.37. The van der Waals surface area contributed by atoms with Crippen LogP contribution in [0.2, 0.25) is 5.02 Å². The van der Waals surface area contributed by atoms with Crippen LogP contribution >= 0.6 is 11.6 Å². The highest BCUT2D eigenvalue weighted by Gasteiger charge is 2.45. The molecule has 2 unspecified atom stereocenters. The Kier molecular flexibility index (Phi) is 2.80. The largest absolute Gasteiger partial charge is 0.496 e. The molecule has 2 atom stereocenters. The Hall–Kier alpha value is -1.22. The second-order valence-corrected chi connectivity index (χ2v) is 4.57. The average Bonchev–Trinajstić information content (AvgIpc) is 2.95. The molecule has 86 valence electrons. The van der Waals surface area contributed by atoms with Gasteiger partial charge in [0.1, 0.15) is 5.75 Å². The summed E-state index contributed by atoms with van der Waals surface area (Å²) in [6.07, 6.45) is 0.672. The maximum absolute atomic E-state index is 10.8. The second-order valence-electron chi connectivity index (χ2n) is 4.13. The molecule has 0 spiro atoms. The molecule has 0 heterocycles. The number of aryl methyl sites for hydroxylation is 1. The van der Waals surface area contributed by atoms with Crippen molar-refractivity contribution in [3.05, 3.63) is 28.3 Å². The topological polar surface area (TPSA) is 46.5 Å². The molecular weight excluding hydrogens is 228 g/mol. The molecule has 0 amide bonds. The number of aliphatic carboxylic acids is 1. The van der Waals surface area contributed by atoms with Gasteiger partial charge in [0.25, 0.3) is 0 Å². The van der Waals surface area contributed by atoms with Crippen molar-refractivity contribution < 1.29 is 14.6 Å². The zero-order valence-electron chi connectivity index (χ0n) is 9.16. The van der Waals surface area contributed by atoms with E-state index in [-0.39, 0.29) is 11.8 Å². The van der Waals surface area contributed by atoms with Crippen molar-refractivity contribution in [2.24, 2.45) is 5.92 Å². The molecule has 1 saturated carbocycles. The Morgan fingerprint density at radius 1 is 1.56 bits per heavy atom. The normalized spacial score (nSPS) is 22.9. The molecule has 2 rings (SSSR count). The lowest BCUT2D eigenvalue weighted by molar-refractivity contribution is -0.138. The second kappa shape index (κ2) is 3.98. The van der Waals surface area contributed by atoms with Crippen molar-refractivity contribution in [3.8, 4) is 5.75 Å². The highest BCUT2D eigenvalue weighted by molar-refractivity contribution is 6.30. The molecule has 0 aromatic heterocycles. The number of carboxylic acid groups (broad SMARTS) is 1. The maximum Gasteiger partial charge on any atom is 0.307 e. The number of ether oxygens (including phenoxy) is 1. The van der Waals surface area contributed by atoms with Gasteiger partial charge in [-0.05, 0) is 36.6 Å². The van der Waals surface area contributed by atoms with Crippen LogP contribution in [0.4, 0.5) is 0 Å². The lowest BCUT2D eigenvalue weighted by Gasteiger charge is -2.11. The van der Waals surface area contributed by atoms with Crippen LogP contribution in [0.1, 0.15) is 23.5 Å². The molecule has 0 bridgehead atoms. The van der Waals surface area contributed by atoms with E-state index in [1.807, 2.05) is 13.0 Å². The van der Waals surface area contributed by atoms with E-state index in [0.717, 1.165) is 16.9 Å². The lowest BCUT2D eigenvalue weighted by atomic mass is 10.0. The van der Waals surface area contributed by atoms with Gasteiger partial charge in [-0.2, -0.15) is 0 Å². The van der Waals surface area contributed by atoms with Crippen molar-refractivity contribution >= 4 is 17.6 Å². The Labute approximate surface area is 99.0 Å². The number of carbonyl (C=O) groups is 1. The summed E-state index contributed by atoms with van der Waals surface area (Å²) in [7, 11) is 1.60. The number of benzene rings is 1. The number of halogens is 1. The number of hydrogen-bond donors (Lipinski definition) is 1. The van der Waals surface area contributed by atoms with Crippen LogP contribution in [-0.2, 0) is 4.79 Å². The van der Waals surface area contributed by atoms with Crippen molar-refractivity contribution in [1.29, 1.82) is 0 Å². The van der Waals surface area contributed by atoms with E-state index in [9.17, 15) is 4.79 Å². The lowest BCUT2D eigenvalue weighted by Crippen LogP contribution is -2.01. The van der Waals surface area contributed by atoms with Crippen LogP contribution in [0, 0.1) is 12.8 Å². The standard InChI is InChI=1S/C12H13ClO3/c1-6-3-7(13)4-9(11(6)16-2)8-5-10(8)12(14)15/h3-4,8,10H,5H2,1-2H3,(H,14,15). The molecule has 1 fully saturated rings. The minimum absolute atomic E-state index is 0.0462. The predicted molar refractivity (Wildman–Crippen MR) is 61.2 cm³/mol. The van der Waals surface area contributed by atoms with Crippen LogP contribution in [0.15, 0.2) is 12.1 Å². The van der Waals surface area contributed by atoms with Crippen LogP contribution in [-0.4, -0.2) is 18.2 Å². The predicted octanol–water partition coefficient (Wildman–Crippen LogP) is 2.85. The molecule has 1 N–H and O–H groups in total. The molecule has 0 radical (unpaired) electrons. The van der Waals surface area contributed by atoms with E-state index in [0.29, 0.717) is 11.4 Å². The van der Waals surface area contributed by atoms with Crippen molar-refractivity contribution in [3.63, 3.8) is 0 Å². The van der Waals surface area contributed by atoms with E-state index < -0.39 is 5.97 Å². The van der Waals surface area contributed by atoms with Gasteiger partial charge in [-0.25, -0.2) is 0 Å². The molecule has 4 heteroatoms. The number of carboxylic acids is 1. The molecule has 1 aliphatic carbocycles. The quantitative estimate of drug-likeness (QED) is 0.884. The first-order chi connectivity index (χ1) is 7.54. The van der Waals surface area contributed by atoms with Gasteiger partial charge < -0.3 is 9.84 Å². The summed E-state index contributed by atoms with van der Waals surface area (Å²) in [5, 5.41) is 9.54. The van der Waals surface area contributed by atoms with E-state index in [2.05, 4.69) is 0 Å². The van der Waals surface area contributed by atoms with Gasteiger partial charge in [0.2, 0.25) is 0 Å². The summed E-state index contributed by atoms with van der Waals surface area (Å²) in [6.45, 7) is 1.91. The fourth-order valence-electron chi connectivity index (χ4n) is 2.12. The SMILES string of the molecule is COc1c(C)cc(Cl)cc1C1CC1C(=O)O. The van der Waals surface area contributed by atoms with Crippen LogP contribution in [0.3, 0.4) is 0 Å². The van der Waals surface area contributed by atoms with E-state index in [1.165, 1.54) is 0 Å². The third-order valence-corrected chi connectivity index (χ3v) is 3.20. The average molecular weight is 241 g/mol. The summed E-state index contributed by atoms with van der Waals surface area (Å²) in [4.78, 5) is 10.8. The molecule has 0 saturated heterocycles. The molecule has 16 heavy (non-hydrogen) atoms. The number of hydrogen-bond acceptors (Lipinski definition) is 2. The molecular formula is C12H13ClO3. The third kappa shape index (κ3) is 1.87. The third-order valence-electron chi connectivity index (χ3n) is 2.98. The van der Waals surface area contributed by atoms with Gasteiger partial charge in [0, 0.05) is 10.9 Å². The first-order valence-corrected chi connectivity index (χ1v) is 5.49. The molecule has 3 nitrogen and oxygen atoms in total. The van der Waals surface area contributed by atoms with Gasteiger partial charge in [-0.15, -0.1) is 0 Å². The van der Waals surface area contributed by atoms with Crippen molar-refractivity contribution in [2.75, 3.05) is 7.11 Å². The smallest absolute Gasteiger partial charge is 0.307 e. The van der Waals surface area contributed by atoms with Crippen LogP contribution in [0.5, 0.6) is 5.75 Å². The van der Waals surface area contributed by atoms with Gasteiger partial charge in [0.15, 0.2) is 0 Å². The summed E-state index contributed by atoms with van der Waals surface area (Å²) in [5.74, 6) is -0.223. The van der Waals surface area contributed by atoms with Crippen molar-refractivity contribution in [1.82, 2.24) is 0 Å². The molecule has 1 aromatic rings. The minimum atomic E-state index is -0.746. The highest BCUT2D eigenvalue weighted by atomic mass is 35.5. The van der Waals surface area contributed by atoms with E-state index in [4.69, 9.17) is 21.4 Å². The summed E-state index contributed by atoms with van der Waals surface area (Å²) in [5.41, 5.74) is 1.86. The molecule has 1 aromatic carbocycles. The Bertz CT molecular complexity index is 442. The van der Waals surface area contributed by atoms with Crippen molar-refractivity contribution in [2.45, 2.75) is 19.3 Å². The zero-order chi connectivity index (χ0) is 11.9. The van der Waals surface area contributed by atoms with Gasteiger partial charge in [-0.1, -0.05) is 11.6 Å². The van der Waals surface area contributed by atoms with E-state index in [1.54, 1.807) is 13.2 Å². The first kappa shape index (κ1) is 11.3. The van der Waals surface area contributed by atoms with Gasteiger partial charge >= 0.3 is 5.97 Å². The monoisotopic (exact) mass is 240 g/mol. The fraction of sp³-hybridized carbons (Fsp3) is 0.417. The first-order valence-electron chi connectivity index (χ1n) is 5.11. The minimum Gasteiger partial charge on any atom is -0.496 e. The Morgan fingerprint density at radius 3 is 2.75 bits per heavy atom. The number of rotatable bonds is 3. The maximum atomic E-state index is 10.8. The van der Waals surface area contributed by atoms with Gasteiger partial charge in [-0.3, -0.25) is 4.79 Å². The van der Waals surface area contributed by atoms with Crippen LogP contribution in [0.25, 0.3) is 0 Å². The number of methoxy groups -OCH3 is 1. The Morgan fingerprint density at radius 2 is 2.25 bits per heavy atom. The van der Waals surface area contributed by atoms with E-state index >= 15 is 0 Å². The summed E-state index contributed by atoms with van der Waals surface area (Å²) in [6, 6.07) is 3.63. The fourth-order valence-corrected chi connectivity index (χ4v) is 2.40. The molecule has 0 aliphatic heterocycles. The molecule has 1 aliphatic rings. The highest BCUT2D eigenvalue weighted by Crippen LogP contribution is 2.51. The summed E-state index contributed by atoms with van der Waals surface area (Å²) < 4.78 is 5.31. The zero-order valence-corrected chi connectivity index (χ0v) is 9.91. The summed E-state index contributed by atoms with van der Waals surface area (Å²) >= 11 is 5.98. The van der Waals surface area contributed by atoms with Gasteiger partial charge in [0.05, 0.1) is 13.0 Å².